The minimum Gasteiger partial charge on any atom is -0.341 e. The number of hydrogen-bond acceptors (Lipinski definition) is 3. The molecule has 1 fully saturated rings. The molecule has 0 spiro atoms. The standard InChI is InChI=1S/C23H31N3O.2ClH/c1-25(17-20-10-6-3-7-11-20)18-21-12-14-26(15-13-21)23(27)22(24)16-19-8-4-2-5-9-19;;/h2-11,21-22H,12-18,24H2,1H3;2*1H. The Morgan fingerprint density at radius 2 is 1.52 bits per heavy atom. The second-order valence-corrected chi connectivity index (χ2v) is 7.75. The van der Waals surface area contributed by atoms with E-state index in [-0.39, 0.29) is 30.7 Å². The number of piperidine rings is 1. The van der Waals surface area contributed by atoms with Crippen LogP contribution in [0.1, 0.15) is 24.0 Å². The van der Waals surface area contributed by atoms with E-state index in [1.54, 1.807) is 0 Å². The Morgan fingerprint density at radius 1 is 1.00 bits per heavy atom. The average Bonchev–Trinajstić information content (AvgIpc) is 2.69. The summed E-state index contributed by atoms with van der Waals surface area (Å²) in [7, 11) is 2.18. The van der Waals surface area contributed by atoms with Gasteiger partial charge in [-0.05, 0) is 43.4 Å². The second kappa shape index (κ2) is 12.9. The van der Waals surface area contributed by atoms with E-state index in [0.717, 1.165) is 44.6 Å². The third kappa shape index (κ3) is 7.98. The van der Waals surface area contributed by atoms with Crippen LogP contribution >= 0.6 is 24.8 Å². The van der Waals surface area contributed by atoms with Crippen LogP contribution in [0.15, 0.2) is 60.7 Å². The van der Waals surface area contributed by atoms with Crippen LogP contribution in [0.3, 0.4) is 0 Å². The smallest absolute Gasteiger partial charge is 0.239 e. The Kier molecular flexibility index (Phi) is 11.3. The number of benzene rings is 2. The molecule has 0 radical (unpaired) electrons. The van der Waals surface area contributed by atoms with Crippen LogP contribution in [0.2, 0.25) is 0 Å². The fourth-order valence-corrected chi connectivity index (χ4v) is 3.93. The molecule has 3 rings (SSSR count). The number of carbonyl (C=O) groups excluding carboxylic acids is 1. The normalized spacial score (nSPS) is 15.3. The zero-order chi connectivity index (χ0) is 19.1. The fraction of sp³-hybridized carbons (Fsp3) is 0.435. The number of amides is 1. The SMILES string of the molecule is CN(Cc1ccccc1)CC1CCN(C(=O)C(N)Cc2ccccc2)CC1.Cl.Cl. The highest BCUT2D eigenvalue weighted by Crippen LogP contribution is 2.20. The van der Waals surface area contributed by atoms with Crippen molar-refractivity contribution in [3.05, 3.63) is 71.8 Å². The lowest BCUT2D eigenvalue weighted by Crippen LogP contribution is -2.48. The van der Waals surface area contributed by atoms with E-state index in [2.05, 4.69) is 42.3 Å². The van der Waals surface area contributed by atoms with Gasteiger partial charge in [0.05, 0.1) is 6.04 Å². The number of likely N-dealkylation sites (tertiary alicyclic amines) is 1. The van der Waals surface area contributed by atoms with Gasteiger partial charge in [-0.3, -0.25) is 4.79 Å². The number of rotatable bonds is 7. The molecule has 0 aliphatic carbocycles. The van der Waals surface area contributed by atoms with Crippen LogP contribution in [0, 0.1) is 5.92 Å². The molecular weight excluding hydrogens is 405 g/mol. The molecule has 1 aliphatic heterocycles. The molecule has 4 nitrogen and oxygen atoms in total. The molecular formula is C23H33Cl2N3O. The van der Waals surface area contributed by atoms with Crippen molar-refractivity contribution < 1.29 is 4.79 Å². The molecule has 1 unspecified atom stereocenters. The van der Waals surface area contributed by atoms with E-state index in [4.69, 9.17) is 5.73 Å². The Hall–Kier alpha value is -1.59. The Morgan fingerprint density at radius 3 is 2.07 bits per heavy atom. The number of carbonyl (C=O) groups is 1. The van der Waals surface area contributed by atoms with Crippen LogP contribution < -0.4 is 5.73 Å². The van der Waals surface area contributed by atoms with Gasteiger partial charge in [0.25, 0.3) is 0 Å². The van der Waals surface area contributed by atoms with Crippen molar-refractivity contribution in [2.75, 3.05) is 26.7 Å². The lowest BCUT2D eigenvalue weighted by atomic mass is 9.95. The summed E-state index contributed by atoms with van der Waals surface area (Å²) in [6.45, 7) is 3.70. The highest BCUT2D eigenvalue weighted by Gasteiger charge is 2.26. The van der Waals surface area contributed by atoms with Gasteiger partial charge in [-0.1, -0.05) is 60.7 Å². The van der Waals surface area contributed by atoms with E-state index in [1.807, 2.05) is 35.2 Å². The van der Waals surface area contributed by atoms with Gasteiger partial charge >= 0.3 is 0 Å². The predicted molar refractivity (Wildman–Crippen MR) is 125 cm³/mol. The first-order chi connectivity index (χ1) is 13.1. The lowest BCUT2D eigenvalue weighted by molar-refractivity contribution is -0.134. The van der Waals surface area contributed by atoms with Gasteiger partial charge in [-0.2, -0.15) is 0 Å². The maximum atomic E-state index is 12.7. The van der Waals surface area contributed by atoms with Gasteiger partial charge in [0.2, 0.25) is 5.91 Å². The van der Waals surface area contributed by atoms with E-state index < -0.39 is 6.04 Å². The van der Waals surface area contributed by atoms with Crippen LogP contribution in [0.4, 0.5) is 0 Å². The number of nitrogens with zero attached hydrogens (tertiary/aromatic N) is 2. The van der Waals surface area contributed by atoms with Crippen LogP contribution in [0.5, 0.6) is 0 Å². The molecule has 2 aromatic rings. The number of hydrogen-bond donors (Lipinski definition) is 1. The fourth-order valence-electron chi connectivity index (χ4n) is 3.93. The van der Waals surface area contributed by atoms with E-state index >= 15 is 0 Å². The van der Waals surface area contributed by atoms with Gasteiger partial charge in [-0.15, -0.1) is 24.8 Å². The molecule has 1 saturated heterocycles. The molecule has 2 aromatic carbocycles. The van der Waals surface area contributed by atoms with Crippen molar-refractivity contribution in [3.8, 4) is 0 Å². The molecule has 1 aliphatic rings. The minimum atomic E-state index is -0.440. The van der Waals surface area contributed by atoms with Gasteiger partial charge in [0.15, 0.2) is 0 Å². The lowest BCUT2D eigenvalue weighted by Gasteiger charge is -2.35. The first-order valence-electron chi connectivity index (χ1n) is 9.92. The molecule has 29 heavy (non-hydrogen) atoms. The molecule has 160 valence electrons. The molecule has 1 heterocycles. The summed E-state index contributed by atoms with van der Waals surface area (Å²) < 4.78 is 0. The highest BCUT2D eigenvalue weighted by molar-refractivity contribution is 5.85. The first kappa shape index (κ1) is 25.4. The van der Waals surface area contributed by atoms with Crippen molar-refractivity contribution in [1.82, 2.24) is 9.80 Å². The topological polar surface area (TPSA) is 49.6 Å². The molecule has 6 heteroatoms. The van der Waals surface area contributed by atoms with Crippen molar-refractivity contribution >= 4 is 30.7 Å². The highest BCUT2D eigenvalue weighted by atomic mass is 35.5. The van der Waals surface area contributed by atoms with E-state index in [1.165, 1.54) is 5.56 Å². The zero-order valence-electron chi connectivity index (χ0n) is 17.1. The zero-order valence-corrected chi connectivity index (χ0v) is 18.7. The number of nitrogens with two attached hydrogens (primary N) is 1. The summed E-state index contributed by atoms with van der Waals surface area (Å²) in [5, 5.41) is 0. The predicted octanol–water partition coefficient (Wildman–Crippen LogP) is 3.77. The van der Waals surface area contributed by atoms with Crippen molar-refractivity contribution in [2.24, 2.45) is 11.7 Å². The van der Waals surface area contributed by atoms with Gasteiger partial charge in [0, 0.05) is 26.2 Å². The van der Waals surface area contributed by atoms with E-state index in [9.17, 15) is 4.79 Å². The molecule has 2 N–H and O–H groups in total. The molecule has 0 aromatic heterocycles. The van der Waals surface area contributed by atoms with Crippen LogP contribution in [-0.4, -0.2) is 48.4 Å². The van der Waals surface area contributed by atoms with Crippen LogP contribution in [-0.2, 0) is 17.8 Å². The van der Waals surface area contributed by atoms with E-state index in [0.29, 0.717) is 12.3 Å². The molecule has 1 amide bonds. The maximum Gasteiger partial charge on any atom is 0.239 e. The first-order valence-corrected chi connectivity index (χ1v) is 9.92. The third-order valence-corrected chi connectivity index (χ3v) is 5.41. The number of halogens is 2. The third-order valence-electron chi connectivity index (χ3n) is 5.41. The summed E-state index contributed by atoms with van der Waals surface area (Å²) in [5.41, 5.74) is 8.65. The summed E-state index contributed by atoms with van der Waals surface area (Å²) in [4.78, 5) is 17.0. The van der Waals surface area contributed by atoms with Crippen molar-refractivity contribution in [3.63, 3.8) is 0 Å². The summed E-state index contributed by atoms with van der Waals surface area (Å²) in [6.07, 6.45) is 2.73. The molecule has 0 bridgehead atoms. The molecule has 0 saturated carbocycles. The van der Waals surface area contributed by atoms with Crippen molar-refractivity contribution in [2.45, 2.75) is 31.8 Å². The minimum absolute atomic E-state index is 0. The van der Waals surface area contributed by atoms with Gasteiger partial charge < -0.3 is 15.5 Å². The summed E-state index contributed by atoms with van der Waals surface area (Å²) >= 11 is 0. The summed E-state index contributed by atoms with van der Waals surface area (Å²) in [5.74, 6) is 0.739. The quantitative estimate of drug-likeness (QED) is 0.716. The van der Waals surface area contributed by atoms with Gasteiger partial charge in [-0.25, -0.2) is 0 Å². The average molecular weight is 438 g/mol. The summed E-state index contributed by atoms with van der Waals surface area (Å²) in [6, 6.07) is 20.2. The Labute approximate surface area is 187 Å². The van der Waals surface area contributed by atoms with Crippen molar-refractivity contribution in [1.29, 1.82) is 0 Å². The Bertz CT molecular complexity index is 707. The Balaban J connectivity index is 0.00000210. The maximum absolute atomic E-state index is 12.7. The molecule has 1 atom stereocenters. The monoisotopic (exact) mass is 437 g/mol. The van der Waals surface area contributed by atoms with Crippen LogP contribution in [0.25, 0.3) is 0 Å². The second-order valence-electron chi connectivity index (χ2n) is 7.75. The van der Waals surface area contributed by atoms with Gasteiger partial charge in [0.1, 0.15) is 0 Å². The largest absolute Gasteiger partial charge is 0.341 e.